The van der Waals surface area contributed by atoms with E-state index in [4.69, 9.17) is 5.26 Å². The summed E-state index contributed by atoms with van der Waals surface area (Å²) in [7, 11) is 0. The highest BCUT2D eigenvalue weighted by atomic mass is 15.1. The first-order chi connectivity index (χ1) is 6.88. The monoisotopic (exact) mass is 193 g/mol. The first kappa shape index (κ1) is 9.95. The van der Waals surface area contributed by atoms with Crippen molar-refractivity contribution < 1.29 is 0 Å². The SMILES string of the molecule is N#CCN1CCC(NCC2CC2)CC1. The Balaban J connectivity index is 1.60. The molecule has 14 heavy (non-hydrogen) atoms. The Kier molecular flexibility index (Phi) is 3.39. The number of hydrogen-bond acceptors (Lipinski definition) is 3. The van der Waals surface area contributed by atoms with Crippen LogP contribution in [0.2, 0.25) is 0 Å². The number of rotatable bonds is 4. The van der Waals surface area contributed by atoms with Crippen LogP contribution in [0.25, 0.3) is 0 Å². The molecule has 2 aliphatic rings. The molecule has 0 unspecified atom stereocenters. The van der Waals surface area contributed by atoms with Gasteiger partial charge in [0, 0.05) is 19.1 Å². The van der Waals surface area contributed by atoms with Gasteiger partial charge >= 0.3 is 0 Å². The van der Waals surface area contributed by atoms with Crippen molar-refractivity contribution >= 4 is 0 Å². The second kappa shape index (κ2) is 4.77. The molecule has 3 heteroatoms. The first-order valence-electron chi connectivity index (χ1n) is 5.71. The van der Waals surface area contributed by atoms with Crippen molar-refractivity contribution in [2.75, 3.05) is 26.2 Å². The molecule has 1 N–H and O–H groups in total. The van der Waals surface area contributed by atoms with Crippen LogP contribution in [-0.4, -0.2) is 37.1 Å². The minimum atomic E-state index is 0.606. The number of piperidine rings is 1. The lowest BCUT2D eigenvalue weighted by molar-refractivity contribution is 0.216. The summed E-state index contributed by atoms with van der Waals surface area (Å²) in [5, 5.41) is 12.2. The third kappa shape index (κ3) is 2.97. The summed E-state index contributed by atoms with van der Waals surface area (Å²) in [6, 6.07) is 2.93. The maximum Gasteiger partial charge on any atom is 0.0866 e. The maximum atomic E-state index is 8.56. The number of nitrogens with one attached hydrogen (secondary N) is 1. The summed E-state index contributed by atoms with van der Waals surface area (Å²) >= 11 is 0. The summed E-state index contributed by atoms with van der Waals surface area (Å²) in [6.07, 6.45) is 5.29. The van der Waals surface area contributed by atoms with E-state index in [1.807, 2.05) is 0 Å². The quantitative estimate of drug-likeness (QED) is 0.676. The van der Waals surface area contributed by atoms with Gasteiger partial charge in [-0.25, -0.2) is 0 Å². The van der Waals surface area contributed by atoms with Crippen LogP contribution in [0.5, 0.6) is 0 Å². The second-order valence-electron chi connectivity index (χ2n) is 4.56. The molecule has 1 saturated heterocycles. The lowest BCUT2D eigenvalue weighted by atomic mass is 10.1. The van der Waals surface area contributed by atoms with Gasteiger partial charge in [0.15, 0.2) is 0 Å². The lowest BCUT2D eigenvalue weighted by Crippen LogP contribution is -2.43. The van der Waals surface area contributed by atoms with E-state index < -0.39 is 0 Å². The summed E-state index contributed by atoms with van der Waals surface area (Å²) in [5.74, 6) is 0.979. The molecular formula is C11H19N3. The zero-order chi connectivity index (χ0) is 9.80. The van der Waals surface area contributed by atoms with Crippen molar-refractivity contribution in [3.05, 3.63) is 0 Å². The average Bonchev–Trinajstić information content (AvgIpc) is 3.01. The van der Waals surface area contributed by atoms with Crippen LogP contribution in [0.15, 0.2) is 0 Å². The van der Waals surface area contributed by atoms with Crippen LogP contribution in [0.1, 0.15) is 25.7 Å². The van der Waals surface area contributed by atoms with Gasteiger partial charge in [0.05, 0.1) is 12.6 Å². The van der Waals surface area contributed by atoms with Gasteiger partial charge in [-0.05, 0) is 38.1 Å². The Morgan fingerprint density at radius 2 is 1.93 bits per heavy atom. The van der Waals surface area contributed by atoms with Crippen molar-refractivity contribution in [3.8, 4) is 6.07 Å². The molecule has 0 spiro atoms. The topological polar surface area (TPSA) is 39.1 Å². The smallest absolute Gasteiger partial charge is 0.0866 e. The standard InChI is InChI=1S/C11H19N3/c12-5-8-14-6-3-11(4-7-14)13-9-10-1-2-10/h10-11,13H,1-4,6-9H2. The number of likely N-dealkylation sites (tertiary alicyclic amines) is 1. The van der Waals surface area contributed by atoms with Crippen molar-refractivity contribution in [2.45, 2.75) is 31.7 Å². The minimum absolute atomic E-state index is 0.606. The fourth-order valence-corrected chi connectivity index (χ4v) is 2.05. The summed E-state index contributed by atoms with van der Waals surface area (Å²) in [4.78, 5) is 2.25. The van der Waals surface area contributed by atoms with Crippen LogP contribution in [0.4, 0.5) is 0 Å². The van der Waals surface area contributed by atoms with Crippen LogP contribution < -0.4 is 5.32 Å². The average molecular weight is 193 g/mol. The van der Waals surface area contributed by atoms with Crippen molar-refractivity contribution in [1.29, 1.82) is 5.26 Å². The molecule has 2 fully saturated rings. The van der Waals surface area contributed by atoms with Gasteiger partial charge in [-0.2, -0.15) is 5.26 Å². The zero-order valence-corrected chi connectivity index (χ0v) is 8.71. The Bertz CT molecular complexity index is 209. The van der Waals surface area contributed by atoms with E-state index in [1.54, 1.807) is 0 Å². The molecule has 0 bridgehead atoms. The summed E-state index contributed by atoms with van der Waals surface area (Å²) < 4.78 is 0. The van der Waals surface area contributed by atoms with Gasteiger partial charge in [0.1, 0.15) is 0 Å². The molecule has 1 saturated carbocycles. The predicted octanol–water partition coefficient (Wildman–Crippen LogP) is 0.974. The largest absolute Gasteiger partial charge is 0.314 e. The molecule has 0 aromatic carbocycles. The van der Waals surface area contributed by atoms with Gasteiger partial charge in [-0.1, -0.05) is 0 Å². The van der Waals surface area contributed by atoms with Gasteiger partial charge in [-0.3, -0.25) is 4.90 Å². The van der Waals surface area contributed by atoms with E-state index in [2.05, 4.69) is 16.3 Å². The van der Waals surface area contributed by atoms with E-state index in [9.17, 15) is 0 Å². The molecule has 1 aliphatic carbocycles. The Morgan fingerprint density at radius 3 is 2.50 bits per heavy atom. The van der Waals surface area contributed by atoms with Crippen molar-refractivity contribution in [2.24, 2.45) is 5.92 Å². The van der Waals surface area contributed by atoms with E-state index >= 15 is 0 Å². The van der Waals surface area contributed by atoms with Crippen molar-refractivity contribution in [1.82, 2.24) is 10.2 Å². The van der Waals surface area contributed by atoms with Crippen LogP contribution in [-0.2, 0) is 0 Å². The van der Waals surface area contributed by atoms with Gasteiger partial charge in [0.25, 0.3) is 0 Å². The van der Waals surface area contributed by atoms with E-state index in [1.165, 1.54) is 32.2 Å². The maximum absolute atomic E-state index is 8.56. The molecule has 0 amide bonds. The molecule has 78 valence electrons. The van der Waals surface area contributed by atoms with Crippen LogP contribution >= 0.6 is 0 Å². The van der Waals surface area contributed by atoms with Crippen molar-refractivity contribution in [3.63, 3.8) is 0 Å². The minimum Gasteiger partial charge on any atom is -0.314 e. The fraction of sp³-hybridized carbons (Fsp3) is 0.909. The number of nitrogens with zero attached hydrogens (tertiary/aromatic N) is 2. The summed E-state index contributed by atoms with van der Waals surface area (Å²) in [5.41, 5.74) is 0. The zero-order valence-electron chi connectivity index (χ0n) is 8.71. The third-order valence-corrected chi connectivity index (χ3v) is 3.27. The highest BCUT2D eigenvalue weighted by Crippen LogP contribution is 2.28. The summed E-state index contributed by atoms with van der Waals surface area (Å²) in [6.45, 7) is 4.02. The molecular weight excluding hydrogens is 174 g/mol. The van der Waals surface area contributed by atoms with Crippen LogP contribution in [0.3, 0.4) is 0 Å². The second-order valence-corrected chi connectivity index (χ2v) is 4.56. The molecule has 0 radical (unpaired) electrons. The Morgan fingerprint density at radius 1 is 1.21 bits per heavy atom. The molecule has 0 aromatic rings. The molecule has 2 rings (SSSR count). The predicted molar refractivity (Wildman–Crippen MR) is 55.8 cm³/mol. The normalized spacial score (nSPS) is 24.8. The van der Waals surface area contributed by atoms with Gasteiger partial charge < -0.3 is 5.32 Å². The molecule has 0 atom stereocenters. The fourth-order valence-electron chi connectivity index (χ4n) is 2.05. The lowest BCUT2D eigenvalue weighted by Gasteiger charge is -2.30. The van der Waals surface area contributed by atoms with Gasteiger partial charge in [-0.15, -0.1) is 0 Å². The first-order valence-corrected chi connectivity index (χ1v) is 5.71. The Hall–Kier alpha value is -0.590. The highest BCUT2D eigenvalue weighted by molar-refractivity contribution is 4.84. The molecule has 1 heterocycles. The molecule has 3 nitrogen and oxygen atoms in total. The van der Waals surface area contributed by atoms with E-state index in [0.717, 1.165) is 19.0 Å². The molecule has 0 aromatic heterocycles. The third-order valence-electron chi connectivity index (χ3n) is 3.27. The Labute approximate surface area is 86.1 Å². The number of hydrogen-bond donors (Lipinski definition) is 1. The van der Waals surface area contributed by atoms with E-state index in [-0.39, 0.29) is 0 Å². The van der Waals surface area contributed by atoms with Crippen LogP contribution in [0, 0.1) is 17.2 Å². The van der Waals surface area contributed by atoms with E-state index in [0.29, 0.717) is 12.6 Å². The molecule has 1 aliphatic heterocycles. The highest BCUT2D eigenvalue weighted by Gasteiger charge is 2.24. The van der Waals surface area contributed by atoms with Gasteiger partial charge in [0.2, 0.25) is 0 Å². The number of nitriles is 1.